The molecule has 58 heavy (non-hydrogen) atoms. The van der Waals surface area contributed by atoms with Gasteiger partial charge in [-0.15, -0.1) is 0 Å². The van der Waals surface area contributed by atoms with E-state index in [0.717, 1.165) is 83.0 Å². The van der Waals surface area contributed by atoms with Gasteiger partial charge in [0.15, 0.2) is 23.1 Å². The number of rotatable bonds is 7. The minimum atomic E-state index is 0.573. The highest BCUT2D eigenvalue weighted by Crippen LogP contribution is 2.47. The van der Waals surface area contributed by atoms with Crippen LogP contribution in [0.3, 0.4) is 0 Å². The van der Waals surface area contributed by atoms with E-state index in [1.807, 2.05) is 60.7 Å². The molecule has 0 aliphatic heterocycles. The van der Waals surface area contributed by atoms with Crippen LogP contribution < -0.4 is 4.90 Å². The lowest BCUT2D eigenvalue weighted by atomic mass is 10.00. The van der Waals surface area contributed by atoms with Crippen molar-refractivity contribution in [2.24, 2.45) is 0 Å². The summed E-state index contributed by atoms with van der Waals surface area (Å²) in [7, 11) is 0. The Hall–Kier alpha value is -7.89. The molecule has 0 bridgehead atoms. The van der Waals surface area contributed by atoms with Crippen molar-refractivity contribution in [2.75, 3.05) is 4.90 Å². The molecular formula is C53H34N4O. The number of aromatic nitrogens is 3. The van der Waals surface area contributed by atoms with E-state index in [4.69, 9.17) is 19.4 Å². The number of anilines is 3. The van der Waals surface area contributed by atoms with Gasteiger partial charge >= 0.3 is 0 Å². The van der Waals surface area contributed by atoms with Crippen LogP contribution in [0.5, 0.6) is 0 Å². The van der Waals surface area contributed by atoms with Crippen molar-refractivity contribution in [2.45, 2.75) is 0 Å². The van der Waals surface area contributed by atoms with Gasteiger partial charge in [0.2, 0.25) is 0 Å². The maximum Gasteiger partial charge on any atom is 0.164 e. The van der Waals surface area contributed by atoms with Gasteiger partial charge in [0, 0.05) is 38.8 Å². The van der Waals surface area contributed by atoms with Crippen LogP contribution in [0.15, 0.2) is 211 Å². The number of hydrogen-bond donors (Lipinski definition) is 0. The molecule has 9 aromatic carbocycles. The van der Waals surface area contributed by atoms with Crippen molar-refractivity contribution < 1.29 is 4.42 Å². The van der Waals surface area contributed by atoms with E-state index in [9.17, 15) is 0 Å². The first-order valence-electron chi connectivity index (χ1n) is 19.4. The molecule has 0 amide bonds. The summed E-state index contributed by atoms with van der Waals surface area (Å²) >= 11 is 0. The molecule has 0 atom stereocenters. The van der Waals surface area contributed by atoms with Crippen molar-refractivity contribution in [3.63, 3.8) is 0 Å². The first-order chi connectivity index (χ1) is 28.7. The summed E-state index contributed by atoms with van der Waals surface area (Å²) in [4.78, 5) is 17.7. The summed E-state index contributed by atoms with van der Waals surface area (Å²) in [5.74, 6) is 1.79. The van der Waals surface area contributed by atoms with Gasteiger partial charge in [0.25, 0.3) is 0 Å². The third-order valence-electron chi connectivity index (χ3n) is 10.9. The van der Waals surface area contributed by atoms with Crippen LogP contribution in [0.2, 0.25) is 0 Å². The molecule has 11 aromatic rings. The van der Waals surface area contributed by atoms with E-state index in [1.54, 1.807) is 0 Å². The molecule has 2 heterocycles. The second-order valence-corrected chi connectivity index (χ2v) is 14.5. The normalized spacial score (nSPS) is 11.4. The maximum atomic E-state index is 7.10. The highest BCUT2D eigenvalue weighted by molar-refractivity contribution is 6.19. The van der Waals surface area contributed by atoms with E-state index in [-0.39, 0.29) is 0 Å². The van der Waals surface area contributed by atoms with Crippen LogP contribution in [-0.2, 0) is 0 Å². The van der Waals surface area contributed by atoms with Crippen LogP contribution in [0, 0.1) is 0 Å². The van der Waals surface area contributed by atoms with Crippen LogP contribution in [0.25, 0.3) is 88.8 Å². The maximum absolute atomic E-state index is 7.10. The summed E-state index contributed by atoms with van der Waals surface area (Å²) in [6.07, 6.45) is 0. The van der Waals surface area contributed by atoms with Gasteiger partial charge in [-0.05, 0) is 81.2 Å². The minimum absolute atomic E-state index is 0.573. The van der Waals surface area contributed by atoms with E-state index in [2.05, 4.69) is 150 Å². The third kappa shape index (κ3) is 5.94. The van der Waals surface area contributed by atoms with Crippen LogP contribution >= 0.6 is 0 Å². The molecule has 272 valence electrons. The number of fused-ring (bicyclic) bond motifs is 5. The summed E-state index contributed by atoms with van der Waals surface area (Å²) in [5, 5.41) is 6.49. The molecule has 0 saturated carbocycles. The number of hydrogen-bond acceptors (Lipinski definition) is 5. The molecule has 0 aliphatic carbocycles. The van der Waals surface area contributed by atoms with Gasteiger partial charge in [-0.3, -0.25) is 0 Å². The van der Waals surface area contributed by atoms with Gasteiger partial charge in [0.05, 0.1) is 5.69 Å². The average molecular weight is 743 g/mol. The Kier molecular flexibility index (Phi) is 8.07. The highest BCUT2D eigenvalue weighted by Gasteiger charge is 2.25. The summed E-state index contributed by atoms with van der Waals surface area (Å²) in [6, 6.07) is 71.7. The first-order valence-corrected chi connectivity index (χ1v) is 19.4. The van der Waals surface area contributed by atoms with Gasteiger partial charge in [-0.1, -0.05) is 158 Å². The third-order valence-corrected chi connectivity index (χ3v) is 10.9. The molecular weight excluding hydrogens is 709 g/mol. The number of nitrogens with zero attached hydrogens (tertiary/aromatic N) is 4. The zero-order chi connectivity index (χ0) is 38.4. The van der Waals surface area contributed by atoms with Gasteiger partial charge in [0.1, 0.15) is 5.58 Å². The van der Waals surface area contributed by atoms with E-state index in [1.165, 1.54) is 5.39 Å². The van der Waals surface area contributed by atoms with Crippen LogP contribution in [0.4, 0.5) is 17.1 Å². The Labute approximate surface area is 335 Å². The fourth-order valence-corrected chi connectivity index (χ4v) is 8.04. The Morgan fingerprint density at radius 3 is 1.57 bits per heavy atom. The molecule has 0 N–H and O–H groups in total. The Morgan fingerprint density at radius 2 is 0.897 bits per heavy atom. The predicted octanol–water partition coefficient (Wildman–Crippen LogP) is 14.2. The standard InChI is InChI=1S/C53H34N4O/c1-4-15-35(16-5-1)40-25-14-26-43(31-40)57(44-28-27-36-17-10-11-22-39(36)32-44)47-30-29-45(49-46-33-41-23-12-13-24-42(41)34-48(46)58-50(47)49)53-55-51(37-18-6-2-7-19-37)54-52(56-53)38-20-8-3-9-21-38/h1-34H. The molecule has 5 nitrogen and oxygen atoms in total. The van der Waals surface area contributed by atoms with E-state index in [0.29, 0.717) is 17.5 Å². The molecule has 0 radical (unpaired) electrons. The Balaban J connectivity index is 1.21. The molecule has 2 aromatic heterocycles. The minimum Gasteiger partial charge on any atom is -0.454 e. The van der Waals surface area contributed by atoms with E-state index >= 15 is 0 Å². The highest BCUT2D eigenvalue weighted by atomic mass is 16.3. The summed E-state index contributed by atoms with van der Waals surface area (Å²) in [5.41, 5.74) is 9.43. The second-order valence-electron chi connectivity index (χ2n) is 14.5. The quantitative estimate of drug-likeness (QED) is 0.163. The zero-order valence-electron chi connectivity index (χ0n) is 31.3. The topological polar surface area (TPSA) is 55.1 Å². The predicted molar refractivity (Wildman–Crippen MR) is 239 cm³/mol. The molecule has 5 heteroatoms. The van der Waals surface area contributed by atoms with Gasteiger partial charge < -0.3 is 9.32 Å². The van der Waals surface area contributed by atoms with Crippen molar-refractivity contribution in [3.8, 4) is 45.3 Å². The number of furan rings is 1. The second kappa shape index (κ2) is 14.0. The lowest BCUT2D eigenvalue weighted by molar-refractivity contribution is 0.669. The van der Waals surface area contributed by atoms with Crippen molar-refractivity contribution >= 4 is 60.5 Å². The monoisotopic (exact) mass is 742 g/mol. The SMILES string of the molecule is c1ccc(-c2cccc(N(c3ccc4ccccc4c3)c3ccc(-c4nc(-c5ccccc5)nc(-c5ccccc5)n4)c4c3oc3cc5ccccc5cc34)c2)cc1. The number of benzene rings is 9. The summed E-state index contributed by atoms with van der Waals surface area (Å²) < 4.78 is 7.10. The fraction of sp³-hybridized carbons (Fsp3) is 0. The van der Waals surface area contributed by atoms with Crippen molar-refractivity contribution in [1.29, 1.82) is 0 Å². The largest absolute Gasteiger partial charge is 0.454 e. The van der Waals surface area contributed by atoms with Crippen molar-refractivity contribution in [1.82, 2.24) is 15.0 Å². The van der Waals surface area contributed by atoms with E-state index < -0.39 is 0 Å². The molecule has 0 fully saturated rings. The van der Waals surface area contributed by atoms with Crippen molar-refractivity contribution in [3.05, 3.63) is 206 Å². The smallest absolute Gasteiger partial charge is 0.164 e. The molecule has 0 saturated heterocycles. The van der Waals surface area contributed by atoms with Crippen LogP contribution in [0.1, 0.15) is 0 Å². The lowest BCUT2D eigenvalue weighted by Gasteiger charge is -2.27. The lowest BCUT2D eigenvalue weighted by Crippen LogP contribution is -2.10. The molecule has 0 spiro atoms. The van der Waals surface area contributed by atoms with Crippen LogP contribution in [-0.4, -0.2) is 15.0 Å². The Bertz CT molecular complexity index is 3230. The van der Waals surface area contributed by atoms with Gasteiger partial charge in [-0.25, -0.2) is 15.0 Å². The first kappa shape index (κ1) is 33.4. The molecule has 0 unspecified atom stereocenters. The summed E-state index contributed by atoms with van der Waals surface area (Å²) in [6.45, 7) is 0. The fourth-order valence-electron chi connectivity index (χ4n) is 8.04. The van der Waals surface area contributed by atoms with Gasteiger partial charge in [-0.2, -0.15) is 0 Å². The molecule has 0 aliphatic rings. The zero-order valence-corrected chi connectivity index (χ0v) is 31.3. The Morgan fingerprint density at radius 1 is 0.362 bits per heavy atom. The average Bonchev–Trinajstić information content (AvgIpc) is 3.67. The molecule has 11 rings (SSSR count).